The van der Waals surface area contributed by atoms with Crippen molar-refractivity contribution in [1.29, 1.82) is 0 Å². The molecule has 2 aliphatic heterocycles. The van der Waals surface area contributed by atoms with Crippen LogP contribution in [-0.2, 0) is 25.7 Å². The molecule has 0 unspecified atom stereocenters. The van der Waals surface area contributed by atoms with E-state index in [0.717, 1.165) is 62.1 Å². The van der Waals surface area contributed by atoms with E-state index in [1.165, 1.54) is 11.1 Å². The number of fused-ring (bicyclic) bond motifs is 1. The minimum Gasteiger partial charge on any atom is -0.391 e. The molecule has 8 rings (SSSR count). The van der Waals surface area contributed by atoms with E-state index in [1.807, 2.05) is 24.3 Å². The lowest BCUT2D eigenvalue weighted by Crippen LogP contribution is -2.32. The van der Waals surface area contributed by atoms with Gasteiger partial charge in [-0.25, -0.2) is 0 Å². The summed E-state index contributed by atoms with van der Waals surface area (Å²) in [5.41, 5.74) is 3.57. The van der Waals surface area contributed by atoms with Gasteiger partial charge in [-0.15, -0.1) is 0 Å². The highest BCUT2D eigenvalue weighted by molar-refractivity contribution is 6.02. The topological polar surface area (TPSA) is 159 Å². The minimum atomic E-state index is -0.710. The molecule has 0 saturated carbocycles. The van der Waals surface area contributed by atoms with E-state index in [9.17, 15) is 19.8 Å². The molecule has 0 aliphatic carbocycles. The monoisotopic (exact) mass is 782 g/mol. The van der Waals surface area contributed by atoms with Gasteiger partial charge < -0.3 is 29.1 Å². The number of β-amino-alcohol motifs (C(OH)–C–C–N with tert-alkyl or cyclic N) is 2. The van der Waals surface area contributed by atoms with Crippen LogP contribution >= 0.6 is 0 Å². The number of aliphatic hydroxyl groups is 2. The third-order valence-corrected chi connectivity index (χ3v) is 11.4. The zero-order valence-electron chi connectivity index (χ0n) is 32.7. The molecule has 0 spiro atoms. The number of rotatable bonds is 16. The number of hydrogen-bond acceptors (Lipinski definition) is 10. The van der Waals surface area contributed by atoms with Crippen LogP contribution < -0.4 is 0 Å². The molecule has 4 atom stereocenters. The fourth-order valence-electron chi connectivity index (χ4n) is 8.26. The van der Waals surface area contributed by atoms with Crippen LogP contribution in [0.5, 0.6) is 0 Å². The second-order valence-electron chi connectivity index (χ2n) is 15.7. The Bertz CT molecular complexity index is 2130. The third kappa shape index (κ3) is 9.35. The van der Waals surface area contributed by atoms with E-state index in [2.05, 4.69) is 68.8 Å². The van der Waals surface area contributed by atoms with Gasteiger partial charge in [-0.1, -0.05) is 96.0 Å². The number of hydrogen-bond donors (Lipinski definition) is 2. The van der Waals surface area contributed by atoms with Crippen LogP contribution in [0.15, 0.2) is 106 Å². The number of nitrogens with zero attached hydrogens (tertiary/aromatic N) is 6. The molecule has 6 aromatic rings. The average Bonchev–Trinajstić information content (AvgIpc) is 4.07. The standard InChI is InChI=1S/C46H50N6O6/c53-37-27-39(43-47-41(49-57-43)19-11-3-9-17-31-13-5-1-6-14-31)51(29-37)45(55)35-23-21-34-26-36(24-22-33(34)25-35)46(56)52-30-38(54)28-40(52)44-48-42(50-58-44)20-12-4-10-18-32-15-7-2-8-16-32/h1-2,5-8,13-16,21-26,37-40,53-54H,3-4,9-12,17-20,27-30H2/t37-,38-,39+,40+/m1/s1. The van der Waals surface area contributed by atoms with Gasteiger partial charge in [-0.2, -0.15) is 9.97 Å². The first kappa shape index (κ1) is 39.1. The molecule has 0 bridgehead atoms. The summed E-state index contributed by atoms with van der Waals surface area (Å²) in [5, 5.41) is 31.2. The van der Waals surface area contributed by atoms with Gasteiger partial charge in [0, 0.05) is 49.9 Å². The number of aryl methyl sites for hydroxylation is 4. The van der Waals surface area contributed by atoms with E-state index < -0.39 is 24.3 Å². The molecular formula is C46H50N6O6. The number of aliphatic hydroxyl groups excluding tert-OH is 2. The molecule has 2 amide bonds. The number of aromatic nitrogens is 4. The third-order valence-electron chi connectivity index (χ3n) is 11.4. The van der Waals surface area contributed by atoms with Gasteiger partial charge in [0.15, 0.2) is 11.6 Å². The maximum Gasteiger partial charge on any atom is 0.254 e. The Labute approximate surface area is 337 Å². The van der Waals surface area contributed by atoms with Crippen molar-refractivity contribution >= 4 is 22.6 Å². The molecule has 300 valence electrons. The van der Waals surface area contributed by atoms with Crippen molar-refractivity contribution in [2.75, 3.05) is 13.1 Å². The Balaban J connectivity index is 0.869. The molecule has 2 aliphatic rings. The van der Waals surface area contributed by atoms with Crippen LogP contribution in [0.4, 0.5) is 0 Å². The van der Waals surface area contributed by atoms with Crippen molar-refractivity contribution in [3.8, 4) is 0 Å². The Kier molecular flexibility index (Phi) is 12.3. The van der Waals surface area contributed by atoms with Gasteiger partial charge in [0.1, 0.15) is 12.1 Å². The number of carbonyl (C=O) groups excluding carboxylic acids is 2. The van der Waals surface area contributed by atoms with Crippen molar-refractivity contribution in [3.63, 3.8) is 0 Å². The second kappa shape index (κ2) is 18.3. The Morgan fingerprint density at radius 2 is 0.966 bits per heavy atom. The lowest BCUT2D eigenvalue weighted by atomic mass is 10.0. The molecule has 4 aromatic carbocycles. The zero-order chi connectivity index (χ0) is 39.8. The summed E-state index contributed by atoms with van der Waals surface area (Å²) in [6.07, 6.45) is 8.77. The van der Waals surface area contributed by atoms with Crippen LogP contribution in [-0.4, -0.2) is 77.4 Å². The molecule has 2 N–H and O–H groups in total. The average molecular weight is 783 g/mol. The Morgan fingerprint density at radius 3 is 1.40 bits per heavy atom. The molecule has 2 fully saturated rings. The summed E-state index contributed by atoms with van der Waals surface area (Å²) in [7, 11) is 0. The highest BCUT2D eigenvalue weighted by Crippen LogP contribution is 2.35. The molecule has 2 aromatic heterocycles. The second-order valence-corrected chi connectivity index (χ2v) is 15.7. The molecule has 12 heteroatoms. The first-order chi connectivity index (χ1) is 28.4. The molecule has 58 heavy (non-hydrogen) atoms. The number of likely N-dealkylation sites (tertiary alicyclic amines) is 2. The highest BCUT2D eigenvalue weighted by Gasteiger charge is 2.40. The predicted octanol–water partition coefficient (Wildman–Crippen LogP) is 7.41. The first-order valence-electron chi connectivity index (χ1n) is 20.6. The number of unbranched alkanes of at least 4 members (excludes halogenated alkanes) is 4. The van der Waals surface area contributed by atoms with Crippen molar-refractivity contribution in [3.05, 3.63) is 143 Å². The largest absolute Gasteiger partial charge is 0.391 e. The quantitative estimate of drug-likeness (QED) is 0.0947. The SMILES string of the molecule is O=C(c1ccc2cc(C(=O)N3C[C@H](O)C[C@H]3c3nc(CCCCCc4ccccc4)no3)ccc2c1)N1C[C@H](O)C[C@H]1c1nc(CCCCCc2ccccc2)no1. The number of benzene rings is 4. The molecule has 2 saturated heterocycles. The van der Waals surface area contributed by atoms with E-state index in [-0.39, 0.29) is 24.9 Å². The summed E-state index contributed by atoms with van der Waals surface area (Å²) in [5.74, 6) is 1.40. The summed E-state index contributed by atoms with van der Waals surface area (Å²) in [6.45, 7) is 0.316. The fraction of sp³-hybridized carbons (Fsp3) is 0.391. The Hall–Kier alpha value is -5.72. The fourth-order valence-corrected chi connectivity index (χ4v) is 8.26. The lowest BCUT2D eigenvalue weighted by Gasteiger charge is -2.22. The maximum atomic E-state index is 13.9. The molecule has 0 radical (unpaired) electrons. The highest BCUT2D eigenvalue weighted by atomic mass is 16.5. The van der Waals surface area contributed by atoms with E-state index in [1.54, 1.807) is 34.1 Å². The summed E-state index contributed by atoms with van der Waals surface area (Å²) in [6, 6.07) is 30.5. The van der Waals surface area contributed by atoms with Gasteiger partial charge in [0.05, 0.1) is 12.2 Å². The smallest absolute Gasteiger partial charge is 0.254 e. The molecular weight excluding hydrogens is 733 g/mol. The zero-order valence-corrected chi connectivity index (χ0v) is 32.7. The van der Waals surface area contributed by atoms with Gasteiger partial charge in [-0.3, -0.25) is 9.59 Å². The van der Waals surface area contributed by atoms with Crippen LogP contribution in [0.3, 0.4) is 0 Å². The van der Waals surface area contributed by atoms with Gasteiger partial charge in [0.2, 0.25) is 11.8 Å². The van der Waals surface area contributed by atoms with E-state index in [4.69, 9.17) is 9.05 Å². The van der Waals surface area contributed by atoms with Crippen molar-refractivity contribution in [1.82, 2.24) is 30.1 Å². The van der Waals surface area contributed by atoms with E-state index >= 15 is 0 Å². The van der Waals surface area contributed by atoms with Crippen molar-refractivity contribution in [2.45, 2.75) is 101 Å². The van der Waals surface area contributed by atoms with Crippen LogP contribution in [0.2, 0.25) is 0 Å². The van der Waals surface area contributed by atoms with Crippen LogP contribution in [0, 0.1) is 0 Å². The Morgan fingerprint density at radius 1 is 0.552 bits per heavy atom. The molecule has 4 heterocycles. The normalized spacial score (nSPS) is 19.3. The maximum absolute atomic E-state index is 13.9. The summed E-state index contributed by atoms with van der Waals surface area (Å²) in [4.78, 5) is 40.3. The number of amides is 2. The first-order valence-corrected chi connectivity index (χ1v) is 20.6. The lowest BCUT2D eigenvalue weighted by molar-refractivity contribution is 0.0688. The van der Waals surface area contributed by atoms with Gasteiger partial charge in [-0.05, 0) is 84.7 Å². The van der Waals surface area contributed by atoms with Gasteiger partial charge in [0.25, 0.3) is 11.8 Å². The van der Waals surface area contributed by atoms with Gasteiger partial charge >= 0.3 is 0 Å². The van der Waals surface area contributed by atoms with Crippen molar-refractivity contribution < 1.29 is 28.8 Å². The van der Waals surface area contributed by atoms with Crippen molar-refractivity contribution in [2.24, 2.45) is 0 Å². The summed E-state index contributed by atoms with van der Waals surface area (Å²) >= 11 is 0. The van der Waals surface area contributed by atoms with E-state index in [0.29, 0.717) is 60.2 Å². The number of carbonyl (C=O) groups is 2. The predicted molar refractivity (Wildman–Crippen MR) is 217 cm³/mol. The van der Waals surface area contributed by atoms with Crippen LogP contribution in [0.1, 0.15) is 119 Å². The molecule has 12 nitrogen and oxygen atoms in total. The van der Waals surface area contributed by atoms with Crippen LogP contribution in [0.25, 0.3) is 10.8 Å². The summed E-state index contributed by atoms with van der Waals surface area (Å²) < 4.78 is 11.3. The minimum absolute atomic E-state index is 0.158.